The molecule has 0 unspecified atom stereocenters. The number of nitrogens with one attached hydrogen (secondary N) is 1. The molecule has 1 aliphatic rings. The van der Waals surface area contributed by atoms with Gasteiger partial charge in [0.05, 0.1) is 0 Å². The molecule has 1 aliphatic heterocycles. The van der Waals surface area contributed by atoms with Gasteiger partial charge in [0, 0.05) is 23.2 Å². The summed E-state index contributed by atoms with van der Waals surface area (Å²) in [6.07, 6.45) is 4.16. The fourth-order valence-corrected chi connectivity index (χ4v) is 2.83. The van der Waals surface area contributed by atoms with Crippen molar-refractivity contribution in [3.8, 4) is 0 Å². The highest BCUT2D eigenvalue weighted by molar-refractivity contribution is 9.10. The van der Waals surface area contributed by atoms with Gasteiger partial charge < -0.3 is 10.2 Å². The Balaban J connectivity index is 1.77. The van der Waals surface area contributed by atoms with E-state index in [1.807, 2.05) is 0 Å². The number of hydrogen-bond acceptors (Lipinski definition) is 2. The van der Waals surface area contributed by atoms with Gasteiger partial charge in [-0.3, -0.25) is 0 Å². The summed E-state index contributed by atoms with van der Waals surface area (Å²) in [5, 5.41) is 3.52. The molecule has 1 aromatic rings. The molecule has 0 saturated carbocycles. The van der Waals surface area contributed by atoms with Crippen LogP contribution in [0.25, 0.3) is 0 Å². The summed E-state index contributed by atoms with van der Waals surface area (Å²) >= 11 is 3.49. The monoisotopic (exact) mass is 296 g/mol. The number of anilines is 1. The summed E-state index contributed by atoms with van der Waals surface area (Å²) in [6.45, 7) is 6.91. The van der Waals surface area contributed by atoms with Gasteiger partial charge >= 0.3 is 0 Å². The van der Waals surface area contributed by atoms with Gasteiger partial charge in [-0.05, 0) is 56.6 Å². The molecule has 0 aromatic heterocycles. The van der Waals surface area contributed by atoms with Crippen LogP contribution in [0.15, 0.2) is 22.7 Å². The van der Waals surface area contributed by atoms with Crippen molar-refractivity contribution in [3.05, 3.63) is 28.2 Å². The molecule has 1 N–H and O–H groups in total. The van der Waals surface area contributed by atoms with Crippen molar-refractivity contribution < 1.29 is 0 Å². The second-order valence-electron chi connectivity index (χ2n) is 4.79. The van der Waals surface area contributed by atoms with Crippen molar-refractivity contribution in [2.45, 2.75) is 26.2 Å². The lowest BCUT2D eigenvalue weighted by Crippen LogP contribution is -2.33. The van der Waals surface area contributed by atoms with Crippen molar-refractivity contribution >= 4 is 21.6 Å². The zero-order chi connectivity index (χ0) is 12.1. The number of nitrogens with zero attached hydrogens (tertiary/aromatic N) is 1. The molecule has 94 valence electrons. The van der Waals surface area contributed by atoms with Crippen LogP contribution in [0.1, 0.15) is 24.8 Å². The van der Waals surface area contributed by atoms with Crippen molar-refractivity contribution in [2.24, 2.45) is 0 Å². The first-order valence-electron chi connectivity index (χ1n) is 6.48. The Bertz CT molecular complexity index is 359. The number of likely N-dealkylation sites (tertiary alicyclic amines) is 1. The van der Waals surface area contributed by atoms with Gasteiger partial charge in [-0.1, -0.05) is 22.4 Å². The number of aryl methyl sites for hydroxylation is 1. The molecule has 1 saturated heterocycles. The minimum absolute atomic E-state index is 1.04. The molecule has 1 heterocycles. The van der Waals surface area contributed by atoms with E-state index in [0.29, 0.717) is 0 Å². The third-order valence-corrected chi connectivity index (χ3v) is 3.87. The molecule has 3 heteroatoms. The van der Waals surface area contributed by atoms with Crippen molar-refractivity contribution in [2.75, 3.05) is 31.5 Å². The molecule has 0 atom stereocenters. The van der Waals surface area contributed by atoms with Gasteiger partial charge in [-0.2, -0.15) is 0 Å². The Kier molecular flexibility index (Phi) is 4.86. The number of hydrogen-bond donors (Lipinski definition) is 1. The minimum Gasteiger partial charge on any atom is -0.384 e. The molecule has 0 aliphatic carbocycles. The van der Waals surface area contributed by atoms with Crippen molar-refractivity contribution in [1.82, 2.24) is 4.90 Å². The van der Waals surface area contributed by atoms with Crippen LogP contribution in [0.4, 0.5) is 5.69 Å². The lowest BCUT2D eigenvalue weighted by Gasteiger charge is -2.26. The molecule has 2 nitrogen and oxygen atoms in total. The van der Waals surface area contributed by atoms with E-state index >= 15 is 0 Å². The van der Waals surface area contributed by atoms with E-state index in [0.717, 1.165) is 17.6 Å². The van der Waals surface area contributed by atoms with Crippen LogP contribution < -0.4 is 5.32 Å². The molecule has 1 aromatic carbocycles. The molecule has 1 fully saturated rings. The van der Waals surface area contributed by atoms with Gasteiger partial charge in [-0.15, -0.1) is 0 Å². The third kappa shape index (κ3) is 4.00. The lowest BCUT2D eigenvalue weighted by molar-refractivity contribution is 0.237. The van der Waals surface area contributed by atoms with Crippen LogP contribution in [0, 0.1) is 6.92 Å². The molecule has 17 heavy (non-hydrogen) atoms. The Morgan fingerprint density at radius 2 is 2.00 bits per heavy atom. The van der Waals surface area contributed by atoms with E-state index in [4.69, 9.17) is 0 Å². The summed E-state index contributed by atoms with van der Waals surface area (Å²) in [4.78, 5) is 2.56. The normalized spacial score (nSPS) is 17.1. The van der Waals surface area contributed by atoms with E-state index in [2.05, 4.69) is 51.3 Å². The molecule has 2 rings (SSSR count). The largest absolute Gasteiger partial charge is 0.384 e. The van der Waals surface area contributed by atoms with E-state index in [9.17, 15) is 0 Å². The number of rotatable bonds is 4. The SMILES string of the molecule is Cc1cc(Br)ccc1NCCN1CCCCC1. The summed E-state index contributed by atoms with van der Waals surface area (Å²) in [5.74, 6) is 0. The van der Waals surface area contributed by atoms with Gasteiger partial charge in [0.2, 0.25) is 0 Å². The van der Waals surface area contributed by atoms with Crippen LogP contribution in [0.3, 0.4) is 0 Å². The second kappa shape index (κ2) is 6.41. The highest BCUT2D eigenvalue weighted by atomic mass is 79.9. The van der Waals surface area contributed by atoms with E-state index in [1.54, 1.807) is 0 Å². The van der Waals surface area contributed by atoms with Crippen LogP contribution in [0.5, 0.6) is 0 Å². The Morgan fingerprint density at radius 3 is 2.71 bits per heavy atom. The molecular weight excluding hydrogens is 276 g/mol. The fourth-order valence-electron chi connectivity index (χ4n) is 2.36. The summed E-state index contributed by atoms with van der Waals surface area (Å²) in [7, 11) is 0. The molecule has 0 spiro atoms. The first-order valence-corrected chi connectivity index (χ1v) is 7.27. The smallest absolute Gasteiger partial charge is 0.0371 e. The van der Waals surface area contributed by atoms with Crippen LogP contribution in [-0.4, -0.2) is 31.1 Å². The summed E-state index contributed by atoms with van der Waals surface area (Å²) in [6, 6.07) is 6.40. The number of halogens is 1. The average Bonchev–Trinajstić information content (AvgIpc) is 2.33. The summed E-state index contributed by atoms with van der Waals surface area (Å²) < 4.78 is 1.15. The summed E-state index contributed by atoms with van der Waals surface area (Å²) in [5.41, 5.74) is 2.56. The maximum absolute atomic E-state index is 3.52. The van der Waals surface area contributed by atoms with Crippen LogP contribution in [-0.2, 0) is 0 Å². The first kappa shape index (κ1) is 12.9. The minimum atomic E-state index is 1.04. The Labute approximate surface area is 113 Å². The van der Waals surface area contributed by atoms with Gasteiger partial charge in [0.25, 0.3) is 0 Å². The molecule has 0 bridgehead atoms. The lowest BCUT2D eigenvalue weighted by atomic mass is 10.1. The predicted molar refractivity (Wildman–Crippen MR) is 77.7 cm³/mol. The second-order valence-corrected chi connectivity index (χ2v) is 5.70. The van der Waals surface area contributed by atoms with E-state index in [1.165, 1.54) is 43.6 Å². The highest BCUT2D eigenvalue weighted by Crippen LogP contribution is 2.19. The van der Waals surface area contributed by atoms with Crippen LogP contribution >= 0.6 is 15.9 Å². The van der Waals surface area contributed by atoms with E-state index < -0.39 is 0 Å². The van der Waals surface area contributed by atoms with Crippen LogP contribution in [0.2, 0.25) is 0 Å². The van der Waals surface area contributed by atoms with Gasteiger partial charge in [0.1, 0.15) is 0 Å². The first-order chi connectivity index (χ1) is 8.25. The Hall–Kier alpha value is -0.540. The molecule has 0 radical (unpaired) electrons. The third-order valence-electron chi connectivity index (χ3n) is 3.38. The maximum Gasteiger partial charge on any atom is 0.0371 e. The Morgan fingerprint density at radius 1 is 1.24 bits per heavy atom. The quantitative estimate of drug-likeness (QED) is 0.912. The zero-order valence-corrected chi connectivity index (χ0v) is 12.1. The average molecular weight is 297 g/mol. The maximum atomic E-state index is 3.52. The topological polar surface area (TPSA) is 15.3 Å². The van der Waals surface area contributed by atoms with Crippen molar-refractivity contribution in [1.29, 1.82) is 0 Å². The van der Waals surface area contributed by atoms with Crippen molar-refractivity contribution in [3.63, 3.8) is 0 Å². The number of piperidine rings is 1. The van der Waals surface area contributed by atoms with Gasteiger partial charge in [-0.25, -0.2) is 0 Å². The predicted octanol–water partition coefficient (Wildman–Crippen LogP) is 3.66. The van der Waals surface area contributed by atoms with Gasteiger partial charge in [0.15, 0.2) is 0 Å². The fraction of sp³-hybridized carbons (Fsp3) is 0.571. The standard InChI is InChI=1S/C14H21BrN2/c1-12-11-13(15)5-6-14(12)16-7-10-17-8-3-2-4-9-17/h5-6,11,16H,2-4,7-10H2,1H3. The van der Waals surface area contributed by atoms with E-state index in [-0.39, 0.29) is 0 Å². The molecular formula is C14H21BrN2. The number of benzene rings is 1. The highest BCUT2D eigenvalue weighted by Gasteiger charge is 2.09. The zero-order valence-electron chi connectivity index (χ0n) is 10.5. The molecule has 0 amide bonds.